The maximum Gasteiger partial charge on any atom is 0.325 e. The van der Waals surface area contributed by atoms with Crippen LogP contribution in [0.25, 0.3) is 22.2 Å². The van der Waals surface area contributed by atoms with Crippen molar-refractivity contribution in [3.63, 3.8) is 0 Å². The summed E-state index contributed by atoms with van der Waals surface area (Å²) in [5, 5.41) is 0.575. The van der Waals surface area contributed by atoms with Gasteiger partial charge in [0.15, 0.2) is 0 Å². The van der Waals surface area contributed by atoms with Gasteiger partial charge in [-0.2, -0.15) is 0 Å². The highest BCUT2D eigenvalue weighted by Gasteiger charge is 2.38. The Kier molecular flexibility index (Phi) is 5.72. The zero-order chi connectivity index (χ0) is 24.7. The van der Waals surface area contributed by atoms with Gasteiger partial charge in [0.1, 0.15) is 29.4 Å². The summed E-state index contributed by atoms with van der Waals surface area (Å²) in [6.45, 7) is 1.73. The molecule has 0 aliphatic carbocycles. The van der Waals surface area contributed by atoms with Crippen molar-refractivity contribution in [2.24, 2.45) is 7.05 Å². The number of anilines is 2. The fourth-order valence-corrected chi connectivity index (χ4v) is 4.70. The van der Waals surface area contributed by atoms with Crippen molar-refractivity contribution in [1.82, 2.24) is 19.4 Å². The second-order valence-electron chi connectivity index (χ2n) is 8.30. The number of urea groups is 1. The molecule has 1 atom stereocenters. The zero-order valence-electron chi connectivity index (χ0n) is 19.3. The van der Waals surface area contributed by atoms with Crippen molar-refractivity contribution in [3.8, 4) is 16.9 Å². The Hall–Kier alpha value is -4.21. The van der Waals surface area contributed by atoms with Gasteiger partial charge >= 0.3 is 6.03 Å². The van der Waals surface area contributed by atoms with Crippen molar-refractivity contribution in [2.75, 3.05) is 30.6 Å². The Bertz CT molecular complexity index is 1420. The van der Waals surface area contributed by atoms with Crippen LogP contribution in [0.4, 0.5) is 25.1 Å². The highest BCUT2D eigenvalue weighted by atomic mass is 19.1. The van der Waals surface area contributed by atoms with Crippen molar-refractivity contribution >= 4 is 28.6 Å². The lowest BCUT2D eigenvalue weighted by atomic mass is 10.0. The minimum Gasteiger partial charge on any atom is -0.463 e. The van der Waals surface area contributed by atoms with E-state index in [1.807, 2.05) is 13.0 Å². The van der Waals surface area contributed by atoms with E-state index in [-0.39, 0.29) is 17.9 Å². The fourth-order valence-electron chi connectivity index (χ4n) is 4.70. The van der Waals surface area contributed by atoms with Crippen LogP contribution < -0.4 is 15.4 Å². The number of carbonyl (C=O) groups excluding carboxylic acids is 1. The van der Waals surface area contributed by atoms with Crippen LogP contribution in [0.3, 0.4) is 0 Å². The summed E-state index contributed by atoms with van der Waals surface area (Å²) in [7, 11) is 1.81. The quantitative estimate of drug-likeness (QED) is 0.435. The molecular formula is C25H24F2N6O2. The van der Waals surface area contributed by atoms with Crippen molar-refractivity contribution < 1.29 is 18.3 Å². The standard InChI is InChI=1S/C25H24F2N6O2/c1-3-32-21(15-5-4-6-17(9-15)35-13-26)12-33(25(32)34)16-7-8-18(20(27)10-16)19-11-31(2)24-22(19)23(28)29-14-30-24/h4-11,14,21H,3,12-13H2,1-2H3,(H2,28,29,30). The first-order valence-electron chi connectivity index (χ1n) is 11.1. The number of likely N-dealkylation sites (N-methyl/N-ethyl adjacent to an activating group) is 1. The van der Waals surface area contributed by atoms with Gasteiger partial charge in [0.25, 0.3) is 0 Å². The van der Waals surface area contributed by atoms with Crippen LogP contribution in [-0.2, 0) is 7.05 Å². The van der Waals surface area contributed by atoms with Crippen LogP contribution in [0, 0.1) is 5.82 Å². The Balaban J connectivity index is 1.49. The smallest absolute Gasteiger partial charge is 0.325 e. The maximum atomic E-state index is 15.4. The molecule has 1 fully saturated rings. The maximum absolute atomic E-state index is 15.4. The van der Waals surface area contributed by atoms with E-state index in [2.05, 4.69) is 9.97 Å². The molecule has 2 aromatic carbocycles. The molecule has 1 saturated heterocycles. The van der Waals surface area contributed by atoms with E-state index in [0.717, 1.165) is 5.56 Å². The number of nitrogen functional groups attached to an aromatic ring is 1. The second kappa shape index (κ2) is 8.86. The third-order valence-electron chi connectivity index (χ3n) is 6.35. The predicted molar refractivity (Wildman–Crippen MR) is 129 cm³/mol. The third kappa shape index (κ3) is 3.80. The minimum absolute atomic E-state index is 0.232. The number of fused-ring (bicyclic) bond motifs is 1. The lowest BCUT2D eigenvalue weighted by Gasteiger charge is -2.22. The lowest BCUT2D eigenvalue weighted by Crippen LogP contribution is -2.32. The number of carbonyl (C=O) groups is 1. The molecular weight excluding hydrogens is 454 g/mol. The number of ether oxygens (including phenoxy) is 1. The molecule has 0 spiro atoms. The number of nitrogens with two attached hydrogens (primary N) is 1. The fraction of sp³-hybridized carbons (Fsp3) is 0.240. The Morgan fingerprint density at radius 1 is 1.17 bits per heavy atom. The van der Waals surface area contributed by atoms with Gasteiger partial charge in [0.2, 0.25) is 6.86 Å². The van der Waals surface area contributed by atoms with Crippen LogP contribution in [0.2, 0.25) is 0 Å². The van der Waals surface area contributed by atoms with Gasteiger partial charge in [0, 0.05) is 36.6 Å². The van der Waals surface area contributed by atoms with Crippen LogP contribution in [-0.4, -0.2) is 45.4 Å². The van der Waals surface area contributed by atoms with Crippen molar-refractivity contribution in [1.29, 1.82) is 0 Å². The van der Waals surface area contributed by atoms with Gasteiger partial charge in [0.05, 0.1) is 18.0 Å². The van der Waals surface area contributed by atoms with E-state index in [9.17, 15) is 9.18 Å². The molecule has 180 valence electrons. The van der Waals surface area contributed by atoms with E-state index < -0.39 is 12.7 Å². The van der Waals surface area contributed by atoms with E-state index in [4.69, 9.17) is 10.5 Å². The summed E-state index contributed by atoms with van der Waals surface area (Å²) in [5.41, 5.74) is 8.84. The molecule has 4 aromatic rings. The number of alkyl halides is 1. The van der Waals surface area contributed by atoms with Crippen LogP contribution >= 0.6 is 0 Å². The molecule has 2 amide bonds. The van der Waals surface area contributed by atoms with Crippen molar-refractivity contribution in [2.45, 2.75) is 13.0 Å². The number of rotatable bonds is 6. The monoisotopic (exact) mass is 478 g/mol. The van der Waals surface area contributed by atoms with Crippen LogP contribution in [0.1, 0.15) is 18.5 Å². The molecule has 1 unspecified atom stereocenters. The summed E-state index contributed by atoms with van der Waals surface area (Å²) >= 11 is 0. The lowest BCUT2D eigenvalue weighted by molar-refractivity contribution is 0.190. The van der Waals surface area contributed by atoms with E-state index in [1.54, 1.807) is 57.9 Å². The predicted octanol–water partition coefficient (Wildman–Crippen LogP) is 4.67. The van der Waals surface area contributed by atoms with Crippen LogP contribution in [0.15, 0.2) is 55.0 Å². The molecule has 2 N–H and O–H groups in total. The number of aryl methyl sites for hydroxylation is 1. The number of aromatic nitrogens is 3. The van der Waals surface area contributed by atoms with E-state index in [1.165, 1.54) is 12.4 Å². The molecule has 8 nitrogen and oxygen atoms in total. The number of hydrogen-bond donors (Lipinski definition) is 1. The van der Waals surface area contributed by atoms with Crippen molar-refractivity contribution in [3.05, 3.63) is 66.4 Å². The third-order valence-corrected chi connectivity index (χ3v) is 6.35. The molecule has 0 bridgehead atoms. The second-order valence-corrected chi connectivity index (χ2v) is 8.30. The summed E-state index contributed by atoms with van der Waals surface area (Å²) in [5.74, 6) is 0.167. The number of amides is 2. The van der Waals surface area contributed by atoms with Gasteiger partial charge in [-0.1, -0.05) is 12.1 Å². The Morgan fingerprint density at radius 3 is 2.74 bits per heavy atom. The average Bonchev–Trinajstić information content (AvgIpc) is 3.37. The van der Waals surface area contributed by atoms with E-state index in [0.29, 0.717) is 46.7 Å². The molecule has 1 aliphatic rings. The van der Waals surface area contributed by atoms with Gasteiger partial charge < -0.3 is 19.9 Å². The van der Waals surface area contributed by atoms with E-state index >= 15 is 4.39 Å². The summed E-state index contributed by atoms with van der Waals surface area (Å²) in [4.78, 5) is 24.7. The molecule has 3 heterocycles. The molecule has 0 radical (unpaired) electrons. The number of nitrogens with zero attached hydrogens (tertiary/aromatic N) is 5. The van der Waals surface area contributed by atoms with Gasteiger partial charge in [-0.05, 0) is 42.8 Å². The Morgan fingerprint density at radius 2 is 2.00 bits per heavy atom. The van der Waals surface area contributed by atoms with Gasteiger partial charge in [-0.15, -0.1) is 0 Å². The highest BCUT2D eigenvalue weighted by molar-refractivity contribution is 6.01. The van der Waals surface area contributed by atoms with Gasteiger partial charge in [-0.25, -0.2) is 23.5 Å². The van der Waals surface area contributed by atoms with Crippen LogP contribution in [0.5, 0.6) is 5.75 Å². The number of halogens is 2. The molecule has 5 rings (SSSR count). The molecule has 35 heavy (non-hydrogen) atoms. The van der Waals surface area contributed by atoms with Gasteiger partial charge in [-0.3, -0.25) is 4.90 Å². The molecule has 0 saturated carbocycles. The number of hydrogen-bond acceptors (Lipinski definition) is 5. The first-order valence-corrected chi connectivity index (χ1v) is 11.1. The average molecular weight is 479 g/mol. The zero-order valence-corrected chi connectivity index (χ0v) is 19.3. The molecule has 2 aromatic heterocycles. The summed E-state index contributed by atoms with van der Waals surface area (Å²) in [6.07, 6.45) is 3.13. The molecule has 10 heteroatoms. The summed E-state index contributed by atoms with van der Waals surface area (Å²) < 4.78 is 34.8. The first kappa shape index (κ1) is 22.6. The first-order chi connectivity index (χ1) is 16.9. The molecule has 1 aliphatic heterocycles. The normalized spacial score (nSPS) is 15.9. The SMILES string of the molecule is CCN1C(=O)N(c2ccc(-c3cn(C)c4ncnc(N)c34)c(F)c2)CC1c1cccc(OCF)c1. The minimum atomic E-state index is -0.934. The summed E-state index contributed by atoms with van der Waals surface area (Å²) in [6, 6.07) is 11.2. The highest BCUT2D eigenvalue weighted by Crippen LogP contribution is 2.38. The largest absolute Gasteiger partial charge is 0.463 e. The topological polar surface area (TPSA) is 89.5 Å². The Labute approximate surface area is 200 Å². The number of benzene rings is 2.